The lowest BCUT2D eigenvalue weighted by molar-refractivity contribution is 0.671. The van der Waals surface area contributed by atoms with Gasteiger partial charge in [0.05, 0.1) is 0 Å². The van der Waals surface area contributed by atoms with Crippen molar-refractivity contribution >= 4 is 15.8 Å². The molecule has 21 heavy (non-hydrogen) atoms. The summed E-state index contributed by atoms with van der Waals surface area (Å²) in [5.41, 5.74) is 0. The van der Waals surface area contributed by atoms with Crippen LogP contribution in [0, 0.1) is 0 Å². The van der Waals surface area contributed by atoms with Crippen molar-refractivity contribution in [1.29, 1.82) is 0 Å². The molecular weight excluding hydrogens is 290 g/mol. The van der Waals surface area contributed by atoms with Crippen molar-refractivity contribution in [3.63, 3.8) is 0 Å². The Morgan fingerprint density at radius 3 is 0.810 bits per heavy atom. The van der Waals surface area contributed by atoms with Crippen LogP contribution in [0.3, 0.4) is 0 Å². The highest BCUT2D eigenvalue weighted by Gasteiger charge is 2.48. The maximum absolute atomic E-state index is 2.48. The number of rotatable bonds is 3. The summed E-state index contributed by atoms with van der Waals surface area (Å²) in [7, 11) is -0.0908. The zero-order valence-corrected chi connectivity index (χ0v) is 19.0. The summed E-state index contributed by atoms with van der Waals surface area (Å²) < 4.78 is 0. The number of hydrogen-bond acceptors (Lipinski definition) is 0. The molecule has 0 atom stereocenters. The summed E-state index contributed by atoms with van der Waals surface area (Å²) >= 11 is 0. The van der Waals surface area contributed by atoms with Gasteiger partial charge in [0.15, 0.2) is 0 Å². The quantitative estimate of drug-likeness (QED) is 0.461. The van der Waals surface area contributed by atoms with Crippen LogP contribution >= 0.6 is 15.8 Å². The smallest absolute Gasteiger partial charge is 0.00103 e. The van der Waals surface area contributed by atoms with Crippen LogP contribution in [0.15, 0.2) is 0 Å². The highest BCUT2D eigenvalue weighted by atomic mass is 31.2. The van der Waals surface area contributed by atoms with Crippen molar-refractivity contribution in [1.82, 2.24) is 0 Å². The third kappa shape index (κ3) is 6.11. The molecule has 0 fully saturated rings. The van der Waals surface area contributed by atoms with Gasteiger partial charge in [-0.2, -0.15) is 0 Å². The lowest BCUT2D eigenvalue weighted by atomic mass is 10.2. The molecule has 0 unspecified atom stereocenters. The van der Waals surface area contributed by atoms with Crippen LogP contribution in [0.4, 0.5) is 0 Å². The molecule has 0 aliphatic rings. The molecular formula is C19H42P2. The third-order valence-electron chi connectivity index (χ3n) is 3.85. The van der Waals surface area contributed by atoms with Gasteiger partial charge < -0.3 is 0 Å². The fourth-order valence-corrected chi connectivity index (χ4v) is 17.7. The van der Waals surface area contributed by atoms with Gasteiger partial charge in [0.25, 0.3) is 0 Å². The maximum atomic E-state index is 2.48. The van der Waals surface area contributed by atoms with Crippen molar-refractivity contribution in [3.05, 3.63) is 0 Å². The second-order valence-corrected chi connectivity index (χ2v) is 18.8. The van der Waals surface area contributed by atoms with E-state index in [2.05, 4.69) is 90.0 Å². The van der Waals surface area contributed by atoms with Crippen LogP contribution < -0.4 is 0 Å². The number of hydrogen-bond donors (Lipinski definition) is 0. The van der Waals surface area contributed by atoms with E-state index in [0.717, 1.165) is 5.40 Å². The normalized spacial score (nSPS) is 15.4. The van der Waals surface area contributed by atoms with E-state index < -0.39 is 0 Å². The molecule has 0 nitrogen and oxygen atoms in total. The third-order valence-corrected chi connectivity index (χ3v) is 12.9. The molecule has 128 valence electrons. The summed E-state index contributed by atoms with van der Waals surface area (Å²) in [5.74, 6) is 0. The summed E-state index contributed by atoms with van der Waals surface area (Å²) in [6.07, 6.45) is 1.33. The van der Waals surface area contributed by atoms with E-state index in [1.165, 1.54) is 6.42 Å². The molecule has 0 aliphatic heterocycles. The molecule has 0 saturated carbocycles. The molecule has 0 rings (SSSR count). The molecule has 0 heterocycles. The molecule has 0 saturated heterocycles. The standard InChI is InChI=1S/C19H42P2/c1-14-15(20(16(2,3)4)17(5,6)7)21(18(8,9)10)19(11,12)13/h15H,14H2,1-13H3. The van der Waals surface area contributed by atoms with Crippen LogP contribution in [-0.2, 0) is 0 Å². The first-order valence-corrected chi connectivity index (χ1v) is 11.3. The van der Waals surface area contributed by atoms with Gasteiger partial charge in [-0.05, 0) is 27.0 Å². The Hall–Kier alpha value is 0.860. The summed E-state index contributed by atoms with van der Waals surface area (Å²) in [6.45, 7) is 32.2. The molecule has 0 aliphatic carbocycles. The van der Waals surface area contributed by atoms with Crippen molar-refractivity contribution in [2.24, 2.45) is 0 Å². The first-order chi connectivity index (χ1) is 8.94. The van der Waals surface area contributed by atoms with Crippen molar-refractivity contribution < 1.29 is 0 Å². The van der Waals surface area contributed by atoms with Crippen LogP contribution in [0.5, 0.6) is 0 Å². The van der Waals surface area contributed by atoms with Crippen LogP contribution in [0.2, 0.25) is 0 Å². The van der Waals surface area contributed by atoms with Crippen molar-refractivity contribution in [3.8, 4) is 0 Å². The van der Waals surface area contributed by atoms with Gasteiger partial charge >= 0.3 is 0 Å². The first-order valence-electron chi connectivity index (χ1n) is 8.53. The minimum absolute atomic E-state index is 0.0454. The van der Waals surface area contributed by atoms with E-state index in [-0.39, 0.29) is 15.8 Å². The molecule has 0 radical (unpaired) electrons. The first kappa shape index (κ1) is 21.9. The van der Waals surface area contributed by atoms with Crippen molar-refractivity contribution in [2.45, 2.75) is 122 Å². The average Bonchev–Trinajstić information content (AvgIpc) is 2.06. The summed E-state index contributed by atoms with van der Waals surface area (Å²) in [6, 6.07) is 0. The zero-order valence-electron chi connectivity index (χ0n) is 17.2. The minimum Gasteiger partial charge on any atom is -0.0880 e. The van der Waals surface area contributed by atoms with E-state index in [9.17, 15) is 0 Å². The van der Waals surface area contributed by atoms with E-state index in [1.54, 1.807) is 0 Å². The van der Waals surface area contributed by atoms with Gasteiger partial charge in [-0.1, -0.05) is 106 Å². The van der Waals surface area contributed by atoms with Gasteiger partial charge in [0.1, 0.15) is 0 Å². The Bertz CT molecular complexity index is 257. The fourth-order valence-electron chi connectivity index (χ4n) is 4.28. The highest BCUT2D eigenvalue weighted by Crippen LogP contribution is 2.77. The molecule has 0 aromatic rings. The SMILES string of the molecule is CCC(P(C(C)(C)C)C(C)(C)C)P(C(C)(C)C)C(C)(C)C. The molecule has 0 N–H and O–H groups in total. The Morgan fingerprint density at radius 2 is 0.714 bits per heavy atom. The predicted molar refractivity (Wildman–Crippen MR) is 107 cm³/mol. The van der Waals surface area contributed by atoms with Gasteiger partial charge in [0, 0.05) is 5.40 Å². The second-order valence-electron chi connectivity index (χ2n) is 10.3. The monoisotopic (exact) mass is 332 g/mol. The van der Waals surface area contributed by atoms with E-state index >= 15 is 0 Å². The lowest BCUT2D eigenvalue weighted by Gasteiger charge is -2.55. The molecule has 0 amide bonds. The molecule has 2 heteroatoms. The van der Waals surface area contributed by atoms with E-state index in [0.29, 0.717) is 20.6 Å². The molecule has 0 aromatic carbocycles. The largest absolute Gasteiger partial charge is 0.0880 e. The molecule has 0 spiro atoms. The average molecular weight is 332 g/mol. The maximum Gasteiger partial charge on any atom is 0.00103 e. The van der Waals surface area contributed by atoms with Crippen LogP contribution in [0.25, 0.3) is 0 Å². The topological polar surface area (TPSA) is 0 Å². The summed E-state index contributed by atoms with van der Waals surface area (Å²) in [4.78, 5) is 0. The molecule has 0 bridgehead atoms. The van der Waals surface area contributed by atoms with E-state index in [4.69, 9.17) is 0 Å². The Morgan fingerprint density at radius 1 is 0.524 bits per heavy atom. The summed E-state index contributed by atoms with van der Waals surface area (Å²) in [5, 5.41) is 2.57. The molecule has 0 aromatic heterocycles. The van der Waals surface area contributed by atoms with Crippen LogP contribution in [-0.4, -0.2) is 26.0 Å². The van der Waals surface area contributed by atoms with Crippen LogP contribution in [0.1, 0.15) is 96.4 Å². The van der Waals surface area contributed by atoms with Crippen molar-refractivity contribution in [2.75, 3.05) is 0 Å². The Balaban J connectivity index is 6.04. The lowest BCUT2D eigenvalue weighted by Crippen LogP contribution is -2.37. The van der Waals surface area contributed by atoms with Gasteiger partial charge in [0.2, 0.25) is 0 Å². The predicted octanol–water partition coefficient (Wildman–Crippen LogP) is 7.88. The fraction of sp³-hybridized carbons (Fsp3) is 1.00. The second kappa shape index (κ2) is 6.77. The highest BCUT2D eigenvalue weighted by molar-refractivity contribution is 7.78. The van der Waals surface area contributed by atoms with Gasteiger partial charge in [-0.25, -0.2) is 0 Å². The van der Waals surface area contributed by atoms with E-state index in [1.807, 2.05) is 0 Å². The Labute approximate surface area is 138 Å². The van der Waals surface area contributed by atoms with Gasteiger partial charge in [-0.15, -0.1) is 0 Å². The minimum atomic E-state index is -0.0454. The van der Waals surface area contributed by atoms with Gasteiger partial charge in [-0.3, -0.25) is 0 Å². The Kier molecular flexibility index (Phi) is 7.05. The zero-order chi connectivity index (χ0) is 17.4.